The number of pyridine rings is 1. The van der Waals surface area contributed by atoms with Crippen molar-refractivity contribution in [2.75, 3.05) is 26.2 Å². The van der Waals surface area contributed by atoms with E-state index in [0.717, 1.165) is 29.5 Å². The quantitative estimate of drug-likeness (QED) is 0.136. The lowest BCUT2D eigenvalue weighted by molar-refractivity contribution is -0.132. The Kier molecular flexibility index (Phi) is 11.2. The van der Waals surface area contributed by atoms with Gasteiger partial charge in [0.15, 0.2) is 0 Å². The zero-order chi connectivity index (χ0) is 36.3. The number of aryl methyl sites for hydroxylation is 1. The molecule has 3 heterocycles. The Bertz CT molecular complexity index is 2070. The van der Waals surface area contributed by atoms with Crippen molar-refractivity contribution in [3.63, 3.8) is 0 Å². The summed E-state index contributed by atoms with van der Waals surface area (Å²) in [6, 6.07) is 18.5. The number of ether oxygens (including phenoxy) is 1. The number of hydrogen-bond donors (Lipinski definition) is 3. The smallest absolute Gasteiger partial charge is 0.245 e. The molecule has 0 aliphatic carbocycles. The second-order valence-corrected chi connectivity index (χ2v) is 15.7. The first-order valence-corrected chi connectivity index (χ1v) is 19.1. The van der Waals surface area contributed by atoms with Crippen LogP contribution in [0.15, 0.2) is 71.6 Å². The van der Waals surface area contributed by atoms with E-state index in [1.807, 2.05) is 48.2 Å². The van der Waals surface area contributed by atoms with Crippen molar-refractivity contribution >= 4 is 61.8 Å². The summed E-state index contributed by atoms with van der Waals surface area (Å²) in [5.74, 6) is 0.333. The molecule has 14 heteroatoms. The summed E-state index contributed by atoms with van der Waals surface area (Å²) in [6.07, 6.45) is 2.63. The molecule has 1 atom stereocenters. The fraction of sp³-hybridized carbons (Fsp3) is 0.351. The number of nitrogen functional groups attached to an aromatic ring is 1. The third-order valence-corrected chi connectivity index (χ3v) is 12.4. The summed E-state index contributed by atoms with van der Waals surface area (Å²) < 4.78 is 35.3. The third kappa shape index (κ3) is 8.14. The van der Waals surface area contributed by atoms with Gasteiger partial charge >= 0.3 is 0 Å². The van der Waals surface area contributed by atoms with Crippen molar-refractivity contribution in [2.24, 2.45) is 11.7 Å². The Morgan fingerprint density at radius 3 is 2.47 bits per heavy atom. The number of amides is 2. The average Bonchev–Trinajstić information content (AvgIpc) is 3.62. The predicted molar refractivity (Wildman–Crippen MR) is 198 cm³/mol. The van der Waals surface area contributed by atoms with E-state index in [1.54, 1.807) is 18.2 Å². The van der Waals surface area contributed by atoms with Gasteiger partial charge in [0, 0.05) is 53.4 Å². The first kappa shape index (κ1) is 36.6. The number of fused-ring (bicyclic) bond motifs is 1. The van der Waals surface area contributed by atoms with Crippen LogP contribution in [0.25, 0.3) is 10.9 Å². The molecule has 0 bridgehead atoms. The molecule has 0 saturated carbocycles. The van der Waals surface area contributed by atoms with Gasteiger partial charge in [-0.1, -0.05) is 65.7 Å². The number of carbonyl (C=O) groups excluding carboxylic acids is 2. The highest BCUT2D eigenvalue weighted by molar-refractivity contribution is 7.89. The minimum absolute atomic E-state index is 0.0167. The first-order chi connectivity index (χ1) is 24.4. The number of aromatic nitrogens is 1. The van der Waals surface area contributed by atoms with Crippen LogP contribution in [0.2, 0.25) is 10.0 Å². The number of para-hydroxylation sites is 1. The molecule has 51 heavy (non-hydrogen) atoms. The van der Waals surface area contributed by atoms with Crippen LogP contribution in [-0.2, 0) is 32.6 Å². The van der Waals surface area contributed by atoms with Crippen molar-refractivity contribution in [1.82, 2.24) is 19.5 Å². The van der Waals surface area contributed by atoms with Gasteiger partial charge in [-0.25, -0.2) is 13.4 Å². The Morgan fingerprint density at radius 2 is 1.75 bits per heavy atom. The van der Waals surface area contributed by atoms with Crippen LogP contribution in [-0.4, -0.2) is 72.5 Å². The zero-order valence-electron chi connectivity index (χ0n) is 28.2. The maximum absolute atomic E-state index is 14.0. The van der Waals surface area contributed by atoms with Crippen LogP contribution in [0.1, 0.15) is 48.1 Å². The topological polar surface area (TPSA) is 159 Å². The minimum atomic E-state index is -4.17. The van der Waals surface area contributed by atoms with Gasteiger partial charge in [0.1, 0.15) is 34.6 Å². The van der Waals surface area contributed by atoms with Gasteiger partial charge in [0.25, 0.3) is 0 Å². The number of halogens is 2. The number of amidine groups is 1. The molecule has 4 N–H and O–H groups in total. The normalized spacial score (nSPS) is 17.1. The van der Waals surface area contributed by atoms with E-state index in [9.17, 15) is 18.0 Å². The predicted octanol–water partition coefficient (Wildman–Crippen LogP) is 5.46. The lowest BCUT2D eigenvalue weighted by Crippen LogP contribution is -2.48. The maximum atomic E-state index is 14.0. The Hall–Kier alpha value is -4.23. The second-order valence-electron chi connectivity index (χ2n) is 13.0. The number of benzene rings is 3. The number of carbonyl (C=O) groups is 2. The van der Waals surface area contributed by atoms with Crippen LogP contribution in [0.3, 0.4) is 0 Å². The van der Waals surface area contributed by atoms with Gasteiger partial charge in [-0.2, -0.15) is 4.31 Å². The number of rotatable bonds is 11. The van der Waals surface area contributed by atoms with Gasteiger partial charge < -0.3 is 20.7 Å². The highest BCUT2D eigenvalue weighted by atomic mass is 35.5. The maximum Gasteiger partial charge on any atom is 0.245 e. The van der Waals surface area contributed by atoms with Gasteiger partial charge in [0.2, 0.25) is 21.8 Å². The number of sulfonamides is 1. The van der Waals surface area contributed by atoms with Gasteiger partial charge in [-0.3, -0.25) is 15.0 Å². The van der Waals surface area contributed by atoms with E-state index < -0.39 is 16.1 Å². The number of nitrogens with two attached hydrogens (primary N) is 1. The molecule has 3 aromatic carbocycles. The van der Waals surface area contributed by atoms with Gasteiger partial charge in [0.05, 0.1) is 11.4 Å². The van der Waals surface area contributed by atoms with Crippen molar-refractivity contribution in [2.45, 2.75) is 56.6 Å². The van der Waals surface area contributed by atoms with Crippen molar-refractivity contribution in [1.29, 1.82) is 5.41 Å². The molecular weight excluding hydrogens is 711 g/mol. The molecule has 4 aromatic rings. The summed E-state index contributed by atoms with van der Waals surface area (Å²) in [7, 11) is -4.17. The fourth-order valence-corrected chi connectivity index (χ4v) is 9.17. The monoisotopic (exact) mass is 750 g/mol. The number of nitrogens with one attached hydrogen (secondary N) is 2. The minimum Gasteiger partial charge on any atom is -0.487 e. The number of piperidine rings is 1. The largest absolute Gasteiger partial charge is 0.487 e. The number of likely N-dealkylation sites (tertiary alicyclic amines) is 1. The van der Waals surface area contributed by atoms with Crippen molar-refractivity contribution < 1.29 is 22.7 Å². The number of hydrogen-bond acceptors (Lipinski definition) is 7. The lowest BCUT2D eigenvalue weighted by Gasteiger charge is -2.32. The molecule has 1 unspecified atom stereocenters. The Morgan fingerprint density at radius 1 is 1.00 bits per heavy atom. The van der Waals surface area contributed by atoms with E-state index in [4.69, 9.17) is 39.1 Å². The summed E-state index contributed by atoms with van der Waals surface area (Å²) in [5, 5.41) is 11.6. The molecule has 2 aliphatic heterocycles. The van der Waals surface area contributed by atoms with Gasteiger partial charge in [-0.05, 0) is 68.4 Å². The molecular formula is C37H40Cl2N6O5S. The highest BCUT2D eigenvalue weighted by Gasteiger charge is 2.41. The molecule has 2 aliphatic rings. The van der Waals surface area contributed by atoms with E-state index in [1.165, 1.54) is 16.4 Å². The van der Waals surface area contributed by atoms with E-state index in [-0.39, 0.29) is 58.1 Å². The Balaban J connectivity index is 1.05. The Labute approximate surface area is 307 Å². The van der Waals surface area contributed by atoms with Crippen LogP contribution in [0.4, 0.5) is 0 Å². The average molecular weight is 752 g/mol. The molecule has 2 fully saturated rings. The van der Waals surface area contributed by atoms with Crippen molar-refractivity contribution in [3.8, 4) is 5.75 Å². The van der Waals surface area contributed by atoms with Crippen LogP contribution in [0.5, 0.6) is 5.75 Å². The molecule has 0 spiro atoms. The third-order valence-electron chi connectivity index (χ3n) is 9.59. The molecule has 6 rings (SSSR count). The highest BCUT2D eigenvalue weighted by Crippen LogP contribution is 2.36. The molecule has 0 radical (unpaired) electrons. The summed E-state index contributed by atoms with van der Waals surface area (Å²) in [6.45, 7) is 3.53. The second kappa shape index (κ2) is 15.6. The van der Waals surface area contributed by atoms with E-state index in [2.05, 4.69) is 10.3 Å². The van der Waals surface area contributed by atoms with Crippen LogP contribution < -0.4 is 15.8 Å². The molecule has 268 valence electrons. The summed E-state index contributed by atoms with van der Waals surface area (Å²) in [4.78, 5) is 32.6. The standard InChI is InChI=1S/C37H40Cl2N6O5S/c1-23-7-10-26-4-2-6-31(35(26)43-23)50-22-28-29(38)13-14-32(34(28)39)51(48,49)45-17-3-5-30(45)37(47)42-21-25-15-18-44(19-16-25)33(46)20-24-8-11-27(12-9-24)36(40)41/h2,4,6-14,25,30H,3,5,15-22H2,1H3,(H3,40,41)(H,42,47). The van der Waals surface area contributed by atoms with Crippen LogP contribution >= 0.6 is 23.2 Å². The SMILES string of the molecule is Cc1ccc2cccc(OCc3c(Cl)ccc(S(=O)(=O)N4CCCC4C(=O)NCC4CCN(C(=O)Cc5ccc(C(=N)N)cc5)CC4)c3Cl)c2n1. The first-order valence-electron chi connectivity index (χ1n) is 16.9. The zero-order valence-corrected chi connectivity index (χ0v) is 30.5. The number of nitrogens with zero attached hydrogens (tertiary/aromatic N) is 3. The molecule has 1 aromatic heterocycles. The summed E-state index contributed by atoms with van der Waals surface area (Å²) >= 11 is 13.3. The lowest BCUT2D eigenvalue weighted by atomic mass is 9.96. The van der Waals surface area contributed by atoms with Gasteiger partial charge in [-0.15, -0.1) is 0 Å². The van der Waals surface area contributed by atoms with Crippen molar-refractivity contribution in [3.05, 3.63) is 99.2 Å². The van der Waals surface area contributed by atoms with E-state index in [0.29, 0.717) is 54.9 Å². The van der Waals surface area contributed by atoms with Crippen LogP contribution in [0, 0.1) is 18.3 Å². The molecule has 2 amide bonds. The molecule has 2 saturated heterocycles. The summed E-state index contributed by atoms with van der Waals surface area (Å²) in [5.41, 5.74) is 8.81. The molecule has 11 nitrogen and oxygen atoms in total. The van der Waals surface area contributed by atoms with E-state index >= 15 is 0 Å². The fourth-order valence-electron chi connectivity index (χ4n) is 6.65.